The van der Waals surface area contributed by atoms with E-state index in [-0.39, 0.29) is 0 Å². The number of nitriles is 1. The van der Waals surface area contributed by atoms with Crippen LogP contribution in [0.4, 0.5) is 5.69 Å². The van der Waals surface area contributed by atoms with E-state index >= 15 is 0 Å². The standard InChI is InChI=1S/C16H14BrClN2/c1-20(11-14-4-2-3-13(7-14)10-19)16-6-5-12(9-17)8-15(16)18/h2-8H,9,11H2,1H3. The highest BCUT2D eigenvalue weighted by molar-refractivity contribution is 9.08. The predicted octanol–water partition coefficient (Wildman–Crippen LogP) is 4.74. The molecule has 0 aliphatic carbocycles. The van der Waals surface area contributed by atoms with E-state index in [4.69, 9.17) is 16.9 Å². The maximum Gasteiger partial charge on any atom is 0.0991 e. The number of rotatable bonds is 4. The van der Waals surface area contributed by atoms with Crippen LogP contribution in [0.15, 0.2) is 42.5 Å². The average Bonchev–Trinajstić information content (AvgIpc) is 2.47. The molecule has 2 aromatic rings. The van der Waals surface area contributed by atoms with Crippen LogP contribution < -0.4 is 4.90 Å². The van der Waals surface area contributed by atoms with Gasteiger partial charge >= 0.3 is 0 Å². The second kappa shape index (κ2) is 6.78. The first-order valence-electron chi connectivity index (χ1n) is 6.18. The van der Waals surface area contributed by atoms with Crippen molar-refractivity contribution in [2.45, 2.75) is 11.9 Å². The molecule has 0 unspecified atom stereocenters. The lowest BCUT2D eigenvalue weighted by Crippen LogP contribution is -2.16. The fraction of sp³-hybridized carbons (Fsp3) is 0.188. The van der Waals surface area contributed by atoms with Crippen molar-refractivity contribution in [1.29, 1.82) is 5.26 Å². The Morgan fingerprint density at radius 3 is 2.65 bits per heavy atom. The van der Waals surface area contributed by atoms with Gasteiger partial charge in [-0.1, -0.05) is 45.7 Å². The number of alkyl halides is 1. The Morgan fingerprint density at radius 1 is 1.20 bits per heavy atom. The van der Waals surface area contributed by atoms with Crippen molar-refractivity contribution >= 4 is 33.2 Å². The summed E-state index contributed by atoms with van der Waals surface area (Å²) < 4.78 is 0. The zero-order valence-electron chi connectivity index (χ0n) is 11.1. The molecule has 0 aliphatic rings. The molecule has 0 spiro atoms. The second-order valence-corrected chi connectivity index (χ2v) is 5.56. The van der Waals surface area contributed by atoms with Crippen LogP contribution in [0.2, 0.25) is 5.02 Å². The Morgan fingerprint density at radius 2 is 2.00 bits per heavy atom. The first-order valence-corrected chi connectivity index (χ1v) is 7.68. The quantitative estimate of drug-likeness (QED) is 0.745. The third-order valence-electron chi connectivity index (χ3n) is 3.05. The van der Waals surface area contributed by atoms with E-state index in [1.165, 1.54) is 0 Å². The molecule has 0 aliphatic heterocycles. The fourth-order valence-electron chi connectivity index (χ4n) is 2.04. The van der Waals surface area contributed by atoms with E-state index in [1.807, 2.05) is 37.4 Å². The zero-order chi connectivity index (χ0) is 14.5. The smallest absolute Gasteiger partial charge is 0.0991 e. The number of benzene rings is 2. The molecule has 0 radical (unpaired) electrons. The highest BCUT2D eigenvalue weighted by Crippen LogP contribution is 2.28. The van der Waals surface area contributed by atoms with Crippen LogP contribution in [0.3, 0.4) is 0 Å². The van der Waals surface area contributed by atoms with Gasteiger partial charge < -0.3 is 4.90 Å². The van der Waals surface area contributed by atoms with Crippen molar-refractivity contribution in [1.82, 2.24) is 0 Å². The van der Waals surface area contributed by atoms with Gasteiger partial charge in [0.2, 0.25) is 0 Å². The summed E-state index contributed by atoms with van der Waals surface area (Å²) in [5.41, 5.74) is 3.90. The van der Waals surface area contributed by atoms with Gasteiger partial charge in [-0.05, 0) is 35.4 Å². The maximum atomic E-state index is 8.93. The molecule has 0 fully saturated rings. The Hall–Kier alpha value is -1.50. The topological polar surface area (TPSA) is 27.0 Å². The van der Waals surface area contributed by atoms with Crippen molar-refractivity contribution in [3.63, 3.8) is 0 Å². The Bertz CT molecular complexity index is 649. The predicted molar refractivity (Wildman–Crippen MR) is 87.3 cm³/mol. The lowest BCUT2D eigenvalue weighted by molar-refractivity contribution is 0.922. The third-order valence-corrected chi connectivity index (χ3v) is 4.00. The normalized spacial score (nSPS) is 10.1. The van der Waals surface area contributed by atoms with Gasteiger partial charge in [0.25, 0.3) is 0 Å². The molecule has 0 bridgehead atoms. The number of hydrogen-bond acceptors (Lipinski definition) is 2. The largest absolute Gasteiger partial charge is 0.369 e. The first kappa shape index (κ1) is 14.9. The molecule has 2 nitrogen and oxygen atoms in total. The Kier molecular flexibility index (Phi) is 5.05. The second-order valence-electron chi connectivity index (χ2n) is 4.59. The SMILES string of the molecule is CN(Cc1cccc(C#N)c1)c1ccc(CBr)cc1Cl. The molecule has 102 valence electrons. The van der Waals surface area contributed by atoms with Gasteiger partial charge in [0.05, 0.1) is 22.3 Å². The molecule has 2 aromatic carbocycles. The molecular weight excluding hydrogens is 336 g/mol. The summed E-state index contributed by atoms with van der Waals surface area (Å²) in [5, 5.41) is 10.5. The Balaban J connectivity index is 2.19. The van der Waals surface area contributed by atoms with E-state index in [1.54, 1.807) is 6.07 Å². The van der Waals surface area contributed by atoms with Crippen molar-refractivity contribution in [3.05, 3.63) is 64.2 Å². The molecule has 0 N–H and O–H groups in total. The van der Waals surface area contributed by atoms with Gasteiger partial charge in [-0.2, -0.15) is 5.26 Å². The van der Waals surface area contributed by atoms with Crippen LogP contribution in [0.1, 0.15) is 16.7 Å². The van der Waals surface area contributed by atoms with E-state index < -0.39 is 0 Å². The molecule has 20 heavy (non-hydrogen) atoms. The molecule has 0 heterocycles. The lowest BCUT2D eigenvalue weighted by atomic mass is 10.1. The monoisotopic (exact) mass is 348 g/mol. The highest BCUT2D eigenvalue weighted by Gasteiger charge is 2.08. The van der Waals surface area contributed by atoms with Gasteiger partial charge in [-0.15, -0.1) is 0 Å². The summed E-state index contributed by atoms with van der Waals surface area (Å²) in [7, 11) is 1.99. The maximum absolute atomic E-state index is 8.93. The zero-order valence-corrected chi connectivity index (χ0v) is 13.4. The Labute approximate surface area is 132 Å². The van der Waals surface area contributed by atoms with Crippen LogP contribution in [-0.2, 0) is 11.9 Å². The summed E-state index contributed by atoms with van der Waals surface area (Å²) >= 11 is 9.73. The number of nitrogens with zero attached hydrogens (tertiary/aromatic N) is 2. The molecule has 0 amide bonds. The van der Waals surface area contributed by atoms with E-state index in [0.29, 0.717) is 12.1 Å². The van der Waals surface area contributed by atoms with Crippen LogP contribution in [0.5, 0.6) is 0 Å². The highest BCUT2D eigenvalue weighted by atomic mass is 79.9. The summed E-state index contributed by atoms with van der Waals surface area (Å²) in [5.74, 6) is 0. The molecular formula is C16H14BrClN2. The van der Waals surface area contributed by atoms with Crippen molar-refractivity contribution in [3.8, 4) is 6.07 Å². The third kappa shape index (κ3) is 3.53. The minimum absolute atomic E-state index is 0.677. The molecule has 0 atom stereocenters. The fourth-order valence-corrected chi connectivity index (χ4v) is 2.74. The van der Waals surface area contributed by atoms with E-state index in [0.717, 1.165) is 27.2 Å². The van der Waals surface area contributed by atoms with Crippen molar-refractivity contribution in [2.24, 2.45) is 0 Å². The molecule has 0 saturated heterocycles. The number of halogens is 2. The van der Waals surface area contributed by atoms with Crippen molar-refractivity contribution in [2.75, 3.05) is 11.9 Å². The molecule has 2 rings (SSSR count). The average molecular weight is 350 g/mol. The lowest BCUT2D eigenvalue weighted by Gasteiger charge is -2.21. The minimum Gasteiger partial charge on any atom is -0.369 e. The summed E-state index contributed by atoms with van der Waals surface area (Å²) in [6, 6.07) is 15.8. The minimum atomic E-state index is 0.677. The summed E-state index contributed by atoms with van der Waals surface area (Å²) in [4.78, 5) is 2.08. The van der Waals surface area contributed by atoms with Gasteiger partial charge in [0.15, 0.2) is 0 Å². The van der Waals surface area contributed by atoms with Gasteiger partial charge in [-0.25, -0.2) is 0 Å². The van der Waals surface area contributed by atoms with E-state index in [9.17, 15) is 0 Å². The van der Waals surface area contributed by atoms with Crippen LogP contribution in [0, 0.1) is 11.3 Å². The van der Waals surface area contributed by atoms with Crippen LogP contribution in [0.25, 0.3) is 0 Å². The van der Waals surface area contributed by atoms with E-state index in [2.05, 4.69) is 33.0 Å². The van der Waals surface area contributed by atoms with Gasteiger partial charge in [0.1, 0.15) is 0 Å². The molecule has 0 saturated carbocycles. The van der Waals surface area contributed by atoms with Crippen LogP contribution >= 0.6 is 27.5 Å². The summed E-state index contributed by atoms with van der Waals surface area (Å²) in [6.07, 6.45) is 0. The molecule has 4 heteroatoms. The summed E-state index contributed by atoms with van der Waals surface area (Å²) in [6.45, 7) is 0.711. The van der Waals surface area contributed by atoms with Gasteiger partial charge in [-0.3, -0.25) is 0 Å². The molecule has 0 aromatic heterocycles. The number of anilines is 1. The van der Waals surface area contributed by atoms with Gasteiger partial charge in [0, 0.05) is 18.9 Å². The first-order chi connectivity index (χ1) is 9.63. The van der Waals surface area contributed by atoms with Crippen LogP contribution in [-0.4, -0.2) is 7.05 Å². The number of hydrogen-bond donors (Lipinski definition) is 0. The van der Waals surface area contributed by atoms with Crippen molar-refractivity contribution < 1.29 is 0 Å².